The zero-order chi connectivity index (χ0) is 21.6. The summed E-state index contributed by atoms with van der Waals surface area (Å²) in [5.74, 6) is 0.721. The number of likely N-dealkylation sites (N-methyl/N-ethyl adjacent to an activating group) is 1. The fourth-order valence-electron chi connectivity index (χ4n) is 5.86. The molecule has 2 aliphatic heterocycles. The number of para-hydroxylation sites is 1. The summed E-state index contributed by atoms with van der Waals surface area (Å²) in [5.41, 5.74) is 0.355. The maximum atomic E-state index is 14.0. The third-order valence-electron chi connectivity index (χ3n) is 6.96. The molecular formula is C25H27NO4. The molecule has 5 nitrogen and oxygen atoms in total. The van der Waals surface area contributed by atoms with Crippen molar-refractivity contribution in [2.45, 2.75) is 58.8 Å². The van der Waals surface area contributed by atoms with E-state index < -0.39 is 5.41 Å². The van der Waals surface area contributed by atoms with Gasteiger partial charge in [-0.05, 0) is 16.9 Å². The third-order valence-corrected chi connectivity index (χ3v) is 6.96. The highest BCUT2D eigenvalue weighted by atomic mass is 16.5. The summed E-state index contributed by atoms with van der Waals surface area (Å²) >= 11 is 0. The number of allylic oxidation sites excluding steroid dienone is 2. The van der Waals surface area contributed by atoms with Gasteiger partial charge in [-0.3, -0.25) is 14.4 Å². The molecule has 156 valence electrons. The van der Waals surface area contributed by atoms with Crippen molar-refractivity contribution in [1.29, 1.82) is 0 Å². The van der Waals surface area contributed by atoms with Gasteiger partial charge in [0.25, 0.3) is 0 Å². The molecule has 2 aliphatic carbocycles. The number of amides is 1. The van der Waals surface area contributed by atoms with Crippen molar-refractivity contribution >= 4 is 23.2 Å². The predicted molar refractivity (Wildman–Crippen MR) is 113 cm³/mol. The summed E-state index contributed by atoms with van der Waals surface area (Å²) in [6, 6.07) is 7.52. The molecule has 0 N–H and O–H groups in total. The maximum Gasteiger partial charge on any atom is 0.246 e. The second kappa shape index (κ2) is 5.71. The Balaban J connectivity index is 1.88. The molecule has 1 amide bonds. The van der Waals surface area contributed by atoms with Gasteiger partial charge in [0, 0.05) is 44.0 Å². The lowest BCUT2D eigenvalue weighted by atomic mass is 9.58. The predicted octanol–water partition coefficient (Wildman–Crippen LogP) is 4.22. The monoisotopic (exact) mass is 405 g/mol. The van der Waals surface area contributed by atoms with Crippen LogP contribution in [0.5, 0.6) is 0 Å². The molecule has 0 bridgehead atoms. The molecule has 2 heterocycles. The van der Waals surface area contributed by atoms with Crippen molar-refractivity contribution in [3.05, 3.63) is 52.5 Å². The number of carbonyl (C=O) groups excluding carboxylic acids is 3. The van der Waals surface area contributed by atoms with Crippen LogP contribution in [0.3, 0.4) is 0 Å². The number of Topliss-reactive ketones (excluding diaryl/α,β-unsaturated/α-hetero) is 2. The van der Waals surface area contributed by atoms with Gasteiger partial charge in [-0.2, -0.15) is 0 Å². The van der Waals surface area contributed by atoms with Gasteiger partial charge in [-0.25, -0.2) is 0 Å². The summed E-state index contributed by atoms with van der Waals surface area (Å²) in [6.07, 6.45) is 1.80. The molecule has 0 aromatic heterocycles. The molecule has 1 aromatic rings. The van der Waals surface area contributed by atoms with E-state index in [1.165, 1.54) is 0 Å². The van der Waals surface area contributed by atoms with E-state index >= 15 is 0 Å². The Morgan fingerprint density at radius 2 is 1.30 bits per heavy atom. The molecule has 1 aromatic carbocycles. The van der Waals surface area contributed by atoms with Crippen molar-refractivity contribution in [3.8, 4) is 0 Å². The first-order chi connectivity index (χ1) is 14.0. The Morgan fingerprint density at radius 1 is 0.800 bits per heavy atom. The van der Waals surface area contributed by atoms with Crippen LogP contribution in [0.1, 0.15) is 58.9 Å². The van der Waals surface area contributed by atoms with Crippen molar-refractivity contribution in [3.63, 3.8) is 0 Å². The Bertz CT molecular complexity index is 1050. The lowest BCUT2D eigenvalue weighted by molar-refractivity contribution is -0.128. The first-order valence-electron chi connectivity index (χ1n) is 10.6. The Morgan fingerprint density at radius 3 is 1.83 bits per heavy atom. The largest absolute Gasteiger partial charge is 0.465 e. The van der Waals surface area contributed by atoms with Gasteiger partial charge in [-0.1, -0.05) is 45.9 Å². The molecular weight excluding hydrogens is 378 g/mol. The van der Waals surface area contributed by atoms with Crippen LogP contribution < -0.4 is 4.90 Å². The summed E-state index contributed by atoms with van der Waals surface area (Å²) in [4.78, 5) is 42.6. The van der Waals surface area contributed by atoms with E-state index in [0.717, 1.165) is 11.3 Å². The number of anilines is 1. The highest BCUT2D eigenvalue weighted by Crippen LogP contribution is 2.60. The number of carbonyl (C=O) groups is 3. The minimum absolute atomic E-state index is 0.0936. The molecule has 5 heteroatoms. The number of rotatable bonds is 0. The highest BCUT2D eigenvalue weighted by Gasteiger charge is 2.64. The molecule has 5 rings (SSSR count). The van der Waals surface area contributed by atoms with E-state index in [1.807, 2.05) is 52.0 Å². The average molecular weight is 405 g/mol. The van der Waals surface area contributed by atoms with E-state index in [4.69, 9.17) is 4.74 Å². The van der Waals surface area contributed by atoms with E-state index in [1.54, 1.807) is 11.9 Å². The lowest BCUT2D eigenvalue weighted by Gasteiger charge is -2.46. The zero-order valence-corrected chi connectivity index (χ0v) is 18.2. The minimum atomic E-state index is -1.38. The van der Waals surface area contributed by atoms with E-state index in [-0.39, 0.29) is 28.3 Å². The van der Waals surface area contributed by atoms with Crippen LogP contribution in [0.15, 0.2) is 46.9 Å². The summed E-state index contributed by atoms with van der Waals surface area (Å²) in [5, 5.41) is 0. The van der Waals surface area contributed by atoms with E-state index in [2.05, 4.69) is 0 Å². The van der Waals surface area contributed by atoms with Gasteiger partial charge in [0.1, 0.15) is 16.9 Å². The van der Waals surface area contributed by atoms with Gasteiger partial charge >= 0.3 is 0 Å². The summed E-state index contributed by atoms with van der Waals surface area (Å²) in [6.45, 7) is 8.17. The molecule has 0 saturated heterocycles. The van der Waals surface area contributed by atoms with Crippen LogP contribution in [0, 0.1) is 10.8 Å². The zero-order valence-electron chi connectivity index (χ0n) is 18.2. The van der Waals surface area contributed by atoms with Gasteiger partial charge in [0.2, 0.25) is 5.91 Å². The topological polar surface area (TPSA) is 63.7 Å². The second-order valence-corrected chi connectivity index (χ2v) is 10.7. The molecule has 0 saturated carbocycles. The Labute approximate surface area is 176 Å². The standard InChI is InChI=1S/C25H27NO4/c1-23(2)10-16(27)20-18(12-23)30-19-13-24(3,4)11-17(28)21(19)25(20)14-8-6-7-9-15(14)26(5)22(25)29/h6-9H,10-13H2,1-5H3. The first-order valence-corrected chi connectivity index (χ1v) is 10.6. The van der Waals surface area contributed by atoms with Gasteiger partial charge in [0.05, 0.1) is 11.1 Å². The van der Waals surface area contributed by atoms with Crippen molar-refractivity contribution in [2.75, 3.05) is 11.9 Å². The number of nitrogens with zero attached hydrogens (tertiary/aromatic N) is 1. The fraction of sp³-hybridized carbons (Fsp3) is 0.480. The van der Waals surface area contributed by atoms with Gasteiger partial charge < -0.3 is 9.64 Å². The van der Waals surface area contributed by atoms with E-state index in [9.17, 15) is 14.4 Å². The first kappa shape index (κ1) is 19.3. The van der Waals surface area contributed by atoms with Gasteiger partial charge in [-0.15, -0.1) is 0 Å². The molecule has 1 spiro atoms. The Hall–Kier alpha value is -2.69. The second-order valence-electron chi connectivity index (χ2n) is 10.7. The SMILES string of the molecule is CN1C(=O)C2(C3=C(CC(C)(C)CC3=O)OC3=C2C(=O)CC(C)(C)C3)c2ccccc21. The van der Waals surface area contributed by atoms with Crippen LogP contribution in [0.4, 0.5) is 5.69 Å². The molecule has 0 fully saturated rings. The highest BCUT2D eigenvalue weighted by molar-refractivity contribution is 6.24. The van der Waals surface area contributed by atoms with Crippen LogP contribution >= 0.6 is 0 Å². The quantitative estimate of drug-likeness (QED) is 0.648. The lowest BCUT2D eigenvalue weighted by Crippen LogP contribution is -2.52. The average Bonchev–Trinajstić information content (AvgIpc) is 2.82. The smallest absolute Gasteiger partial charge is 0.246 e. The normalized spacial score (nSPS) is 25.9. The summed E-state index contributed by atoms with van der Waals surface area (Å²) < 4.78 is 6.34. The van der Waals surface area contributed by atoms with Crippen molar-refractivity contribution in [1.82, 2.24) is 0 Å². The number of hydrogen-bond acceptors (Lipinski definition) is 4. The number of benzene rings is 1. The minimum Gasteiger partial charge on any atom is -0.465 e. The number of ketones is 2. The molecule has 0 unspecified atom stereocenters. The maximum absolute atomic E-state index is 14.0. The summed E-state index contributed by atoms with van der Waals surface area (Å²) in [7, 11) is 1.72. The Kier molecular flexibility index (Phi) is 3.67. The molecule has 0 radical (unpaired) electrons. The van der Waals surface area contributed by atoms with Crippen LogP contribution in [-0.2, 0) is 24.5 Å². The van der Waals surface area contributed by atoms with Crippen LogP contribution in [0.25, 0.3) is 0 Å². The molecule has 0 atom stereocenters. The number of ether oxygens (including phenoxy) is 1. The molecule has 4 aliphatic rings. The van der Waals surface area contributed by atoms with Crippen molar-refractivity contribution < 1.29 is 19.1 Å². The van der Waals surface area contributed by atoms with Gasteiger partial charge in [0.15, 0.2) is 11.6 Å². The number of hydrogen-bond donors (Lipinski definition) is 0. The van der Waals surface area contributed by atoms with Crippen LogP contribution in [-0.4, -0.2) is 24.5 Å². The van der Waals surface area contributed by atoms with Crippen molar-refractivity contribution in [2.24, 2.45) is 10.8 Å². The molecule has 30 heavy (non-hydrogen) atoms. The fourth-order valence-corrected chi connectivity index (χ4v) is 5.86. The number of fused-ring (bicyclic) bond motifs is 4. The third kappa shape index (κ3) is 2.32. The van der Waals surface area contributed by atoms with E-state index in [0.29, 0.717) is 48.3 Å². The van der Waals surface area contributed by atoms with Crippen LogP contribution in [0.2, 0.25) is 0 Å².